The summed E-state index contributed by atoms with van der Waals surface area (Å²) >= 11 is 12.1. The molecule has 0 aliphatic carbocycles. The van der Waals surface area contributed by atoms with Gasteiger partial charge in [0.25, 0.3) is 0 Å². The molecule has 1 aromatic heterocycles. The summed E-state index contributed by atoms with van der Waals surface area (Å²) in [5.74, 6) is 0.775. The van der Waals surface area contributed by atoms with Gasteiger partial charge in [0.15, 0.2) is 5.58 Å². The van der Waals surface area contributed by atoms with E-state index in [9.17, 15) is 0 Å². The van der Waals surface area contributed by atoms with Crippen LogP contribution in [0.15, 0.2) is 16.5 Å². The van der Waals surface area contributed by atoms with Crippen molar-refractivity contribution in [2.75, 3.05) is 0 Å². The lowest BCUT2D eigenvalue weighted by molar-refractivity contribution is 0.511. The molecule has 0 amide bonds. The molecular weight excluding hydrogens is 257 g/mol. The molecule has 4 heteroatoms. The summed E-state index contributed by atoms with van der Waals surface area (Å²) in [6, 6.07) is 3.73. The minimum atomic E-state index is -0.0445. The van der Waals surface area contributed by atoms with Crippen LogP contribution in [0.25, 0.3) is 11.0 Å². The number of furan rings is 1. The lowest BCUT2D eigenvalue weighted by Crippen LogP contribution is -2.14. The Morgan fingerprint density at radius 1 is 1.24 bits per heavy atom. The van der Waals surface area contributed by atoms with Crippen LogP contribution in [-0.2, 0) is 12.0 Å². The first-order valence-electron chi connectivity index (χ1n) is 5.46. The van der Waals surface area contributed by atoms with Gasteiger partial charge in [-0.05, 0) is 17.5 Å². The first-order valence-corrected chi connectivity index (χ1v) is 6.21. The van der Waals surface area contributed by atoms with Crippen LogP contribution < -0.4 is 5.73 Å². The molecule has 1 heterocycles. The monoisotopic (exact) mass is 271 g/mol. The maximum absolute atomic E-state index is 6.15. The summed E-state index contributed by atoms with van der Waals surface area (Å²) < 4.78 is 5.75. The Balaban J connectivity index is 2.87. The number of rotatable bonds is 1. The Morgan fingerprint density at radius 2 is 1.88 bits per heavy atom. The van der Waals surface area contributed by atoms with Crippen LogP contribution in [0.1, 0.15) is 32.1 Å². The smallest absolute Gasteiger partial charge is 0.154 e. The highest BCUT2D eigenvalue weighted by molar-refractivity contribution is 6.44. The molecule has 0 fully saturated rings. The second kappa shape index (κ2) is 4.20. The molecule has 2 N–H and O–H groups in total. The van der Waals surface area contributed by atoms with Gasteiger partial charge in [0.2, 0.25) is 0 Å². The Bertz CT molecular complexity index is 567. The predicted molar refractivity (Wildman–Crippen MR) is 72.8 cm³/mol. The van der Waals surface area contributed by atoms with Crippen LogP contribution in [0, 0.1) is 0 Å². The van der Waals surface area contributed by atoms with Crippen molar-refractivity contribution in [3.05, 3.63) is 33.5 Å². The minimum absolute atomic E-state index is 0.0445. The van der Waals surface area contributed by atoms with Crippen LogP contribution in [0.3, 0.4) is 0 Å². The van der Waals surface area contributed by atoms with Gasteiger partial charge in [0.05, 0.1) is 11.6 Å². The molecule has 0 aliphatic rings. The van der Waals surface area contributed by atoms with Crippen molar-refractivity contribution in [3.63, 3.8) is 0 Å². The highest BCUT2D eigenvalue weighted by Gasteiger charge is 2.25. The topological polar surface area (TPSA) is 39.2 Å². The lowest BCUT2D eigenvalue weighted by atomic mass is 9.85. The van der Waals surface area contributed by atoms with Gasteiger partial charge < -0.3 is 10.2 Å². The van der Waals surface area contributed by atoms with Gasteiger partial charge in [-0.25, -0.2) is 0 Å². The van der Waals surface area contributed by atoms with Crippen LogP contribution in [0.5, 0.6) is 0 Å². The molecule has 0 aliphatic heterocycles. The first-order chi connectivity index (χ1) is 7.86. The average molecular weight is 272 g/mol. The molecule has 2 aromatic rings. The summed E-state index contributed by atoms with van der Waals surface area (Å²) in [7, 11) is 0. The van der Waals surface area contributed by atoms with E-state index in [1.807, 2.05) is 6.07 Å². The van der Waals surface area contributed by atoms with Gasteiger partial charge in [0.1, 0.15) is 10.8 Å². The number of hydrogen-bond donors (Lipinski definition) is 1. The summed E-state index contributed by atoms with van der Waals surface area (Å²) in [6.45, 7) is 6.73. The number of benzene rings is 1. The standard InChI is InChI=1S/C13H15Cl2NO/c1-13(2,3)10-7-4-5-8(14)11(15)12(7)17-9(10)6-16/h4-5H,6,16H2,1-3H3. The van der Waals surface area contributed by atoms with Gasteiger partial charge in [-0.15, -0.1) is 0 Å². The van der Waals surface area contributed by atoms with E-state index >= 15 is 0 Å². The Morgan fingerprint density at radius 3 is 2.41 bits per heavy atom. The van der Waals surface area contributed by atoms with Gasteiger partial charge in [0, 0.05) is 10.9 Å². The molecule has 0 radical (unpaired) electrons. The minimum Gasteiger partial charge on any atom is -0.458 e. The second-order valence-corrected chi connectivity index (χ2v) is 5.88. The van der Waals surface area contributed by atoms with Crippen molar-refractivity contribution in [1.82, 2.24) is 0 Å². The lowest BCUT2D eigenvalue weighted by Gasteiger charge is -2.18. The second-order valence-electron chi connectivity index (χ2n) is 5.09. The van der Waals surface area contributed by atoms with Crippen molar-refractivity contribution in [2.45, 2.75) is 32.7 Å². The zero-order valence-electron chi connectivity index (χ0n) is 10.1. The molecule has 1 aromatic carbocycles. The van der Waals surface area contributed by atoms with Gasteiger partial charge in [-0.3, -0.25) is 0 Å². The Kier molecular flexibility index (Phi) is 3.15. The quantitative estimate of drug-likeness (QED) is 0.830. The third kappa shape index (κ3) is 2.05. The molecule has 92 valence electrons. The molecule has 0 saturated heterocycles. The SMILES string of the molecule is CC(C)(C)c1c(CN)oc2c(Cl)c(Cl)ccc12. The third-order valence-electron chi connectivity index (χ3n) is 2.76. The fourth-order valence-corrected chi connectivity index (χ4v) is 2.47. The normalized spacial score (nSPS) is 12.4. The van der Waals surface area contributed by atoms with Crippen LogP contribution >= 0.6 is 23.2 Å². The van der Waals surface area contributed by atoms with Crippen molar-refractivity contribution in [3.8, 4) is 0 Å². The van der Waals surface area contributed by atoms with Crippen molar-refractivity contribution in [2.24, 2.45) is 5.73 Å². The van der Waals surface area contributed by atoms with Crippen molar-refractivity contribution < 1.29 is 4.42 Å². The summed E-state index contributed by atoms with van der Waals surface area (Å²) in [5, 5.41) is 1.94. The van der Waals surface area contributed by atoms with E-state index in [0.717, 1.165) is 16.7 Å². The molecule has 0 unspecified atom stereocenters. The number of nitrogens with two attached hydrogens (primary N) is 1. The molecule has 2 rings (SSSR count). The average Bonchev–Trinajstić information content (AvgIpc) is 2.62. The molecule has 2 nitrogen and oxygen atoms in total. The highest BCUT2D eigenvalue weighted by atomic mass is 35.5. The summed E-state index contributed by atoms with van der Waals surface area (Å²) in [5.41, 5.74) is 7.42. The Hall–Kier alpha value is -0.700. The zero-order valence-corrected chi connectivity index (χ0v) is 11.6. The van der Waals surface area contributed by atoms with E-state index in [1.165, 1.54) is 0 Å². The molecular formula is C13H15Cl2NO. The van der Waals surface area contributed by atoms with E-state index in [1.54, 1.807) is 6.07 Å². The number of hydrogen-bond acceptors (Lipinski definition) is 2. The Labute approximate surface area is 111 Å². The predicted octanol–water partition coefficient (Wildman–Crippen LogP) is 4.50. The molecule has 17 heavy (non-hydrogen) atoms. The molecule has 0 saturated carbocycles. The largest absolute Gasteiger partial charge is 0.458 e. The van der Waals surface area contributed by atoms with E-state index in [0.29, 0.717) is 22.2 Å². The van der Waals surface area contributed by atoms with Crippen LogP contribution in [0.2, 0.25) is 10.0 Å². The summed E-state index contributed by atoms with van der Waals surface area (Å²) in [6.07, 6.45) is 0. The summed E-state index contributed by atoms with van der Waals surface area (Å²) in [4.78, 5) is 0. The van der Waals surface area contributed by atoms with Gasteiger partial charge in [-0.2, -0.15) is 0 Å². The first kappa shape index (κ1) is 12.7. The van der Waals surface area contributed by atoms with Crippen molar-refractivity contribution >= 4 is 34.2 Å². The fourth-order valence-electron chi connectivity index (χ4n) is 2.12. The molecule has 0 bridgehead atoms. The van der Waals surface area contributed by atoms with Crippen molar-refractivity contribution in [1.29, 1.82) is 0 Å². The molecule has 0 spiro atoms. The van der Waals surface area contributed by atoms with E-state index in [2.05, 4.69) is 20.8 Å². The van der Waals surface area contributed by atoms with E-state index in [-0.39, 0.29) is 5.41 Å². The maximum atomic E-state index is 6.15. The van der Waals surface area contributed by atoms with E-state index in [4.69, 9.17) is 33.4 Å². The molecule has 0 atom stereocenters. The third-order valence-corrected chi connectivity index (χ3v) is 3.55. The van der Waals surface area contributed by atoms with Gasteiger partial charge >= 0.3 is 0 Å². The van der Waals surface area contributed by atoms with Crippen LogP contribution in [0.4, 0.5) is 0 Å². The van der Waals surface area contributed by atoms with E-state index < -0.39 is 0 Å². The maximum Gasteiger partial charge on any atom is 0.154 e. The highest BCUT2D eigenvalue weighted by Crippen LogP contribution is 2.40. The van der Waals surface area contributed by atoms with Gasteiger partial charge in [-0.1, -0.05) is 44.0 Å². The zero-order chi connectivity index (χ0) is 12.8. The number of fused-ring (bicyclic) bond motifs is 1. The van der Waals surface area contributed by atoms with Crippen LogP contribution in [-0.4, -0.2) is 0 Å². The fraction of sp³-hybridized carbons (Fsp3) is 0.385. The number of halogens is 2.